The van der Waals surface area contributed by atoms with Gasteiger partial charge in [-0.05, 0) is 44.9 Å². The van der Waals surface area contributed by atoms with Crippen LogP contribution in [0, 0.1) is 6.92 Å². The lowest BCUT2D eigenvalue weighted by Crippen LogP contribution is -2.38. The monoisotopic (exact) mass is 372 g/mol. The highest BCUT2D eigenvalue weighted by molar-refractivity contribution is 5.92. The van der Waals surface area contributed by atoms with E-state index in [2.05, 4.69) is 15.3 Å². The summed E-state index contributed by atoms with van der Waals surface area (Å²) in [6.07, 6.45) is 3.88. The van der Waals surface area contributed by atoms with Crippen LogP contribution < -0.4 is 10.1 Å². The van der Waals surface area contributed by atoms with Crippen molar-refractivity contribution in [2.24, 2.45) is 7.05 Å². The largest absolute Gasteiger partial charge is 0.491 e. The highest BCUT2D eigenvalue weighted by Crippen LogP contribution is 2.24. The molecule has 1 aromatic carbocycles. The molecular formula is C20H28N4O3. The van der Waals surface area contributed by atoms with Crippen LogP contribution in [0.25, 0.3) is 0 Å². The number of hydrogen-bond donors (Lipinski definition) is 2. The van der Waals surface area contributed by atoms with Gasteiger partial charge in [-0.1, -0.05) is 18.2 Å². The van der Waals surface area contributed by atoms with Gasteiger partial charge in [-0.15, -0.1) is 0 Å². The van der Waals surface area contributed by atoms with Gasteiger partial charge in [0.25, 0.3) is 0 Å². The third-order valence-corrected chi connectivity index (χ3v) is 4.92. The second kappa shape index (κ2) is 8.54. The number of rotatable bonds is 6. The number of hydrogen-bond acceptors (Lipinski definition) is 5. The Hall–Kier alpha value is -2.38. The van der Waals surface area contributed by atoms with E-state index in [0.29, 0.717) is 25.9 Å². The minimum absolute atomic E-state index is 0.0583. The number of amides is 1. The predicted molar refractivity (Wildman–Crippen MR) is 104 cm³/mol. The lowest BCUT2D eigenvalue weighted by molar-refractivity contribution is -0.117. The average molecular weight is 372 g/mol. The highest BCUT2D eigenvalue weighted by Gasteiger charge is 2.31. The van der Waals surface area contributed by atoms with Crippen molar-refractivity contribution >= 4 is 11.6 Å². The number of carbonyl (C=O) groups excluding carboxylic acids is 1. The number of ether oxygens (including phenoxy) is 1. The molecule has 1 unspecified atom stereocenters. The van der Waals surface area contributed by atoms with Gasteiger partial charge >= 0.3 is 0 Å². The summed E-state index contributed by atoms with van der Waals surface area (Å²) < 4.78 is 7.44. The molecule has 0 spiro atoms. The molecule has 1 atom stereocenters. The lowest BCUT2D eigenvalue weighted by atomic mass is 9.96. The Morgan fingerprint density at radius 1 is 1.30 bits per heavy atom. The molecule has 27 heavy (non-hydrogen) atoms. The van der Waals surface area contributed by atoms with Crippen molar-refractivity contribution in [2.45, 2.75) is 31.8 Å². The number of aliphatic hydroxyl groups is 1. The zero-order valence-corrected chi connectivity index (χ0v) is 16.0. The van der Waals surface area contributed by atoms with Crippen LogP contribution in [-0.4, -0.2) is 57.5 Å². The fraction of sp³-hybridized carbons (Fsp3) is 0.500. The van der Waals surface area contributed by atoms with E-state index in [4.69, 9.17) is 4.74 Å². The average Bonchev–Trinajstić information content (AvgIpc) is 2.84. The van der Waals surface area contributed by atoms with Crippen LogP contribution >= 0.6 is 0 Å². The molecule has 1 amide bonds. The van der Waals surface area contributed by atoms with Crippen molar-refractivity contribution in [3.8, 4) is 5.75 Å². The van der Waals surface area contributed by atoms with E-state index in [9.17, 15) is 9.90 Å². The molecule has 1 fully saturated rings. The summed E-state index contributed by atoms with van der Waals surface area (Å²) in [6, 6.07) is 9.53. The van der Waals surface area contributed by atoms with Crippen LogP contribution in [0.3, 0.4) is 0 Å². The molecule has 2 N–H and O–H groups in total. The van der Waals surface area contributed by atoms with E-state index in [-0.39, 0.29) is 12.5 Å². The second-order valence-electron chi connectivity index (χ2n) is 7.31. The van der Waals surface area contributed by atoms with Crippen molar-refractivity contribution in [1.82, 2.24) is 14.7 Å². The number of para-hydroxylation sites is 1. The van der Waals surface area contributed by atoms with Gasteiger partial charge in [0.2, 0.25) is 5.91 Å². The molecule has 1 saturated heterocycles. The van der Waals surface area contributed by atoms with Crippen LogP contribution in [0.4, 0.5) is 5.69 Å². The molecule has 146 valence electrons. The second-order valence-corrected chi connectivity index (χ2v) is 7.31. The van der Waals surface area contributed by atoms with E-state index in [1.165, 1.54) is 0 Å². The molecule has 0 radical (unpaired) electrons. The standard InChI is InChI=1S/C20H28N4O3/c1-16-18(13-23(2)22-16)21-19(25)14-24-11-6-9-20(26,10-12-24)15-27-17-7-4-3-5-8-17/h3-5,7-8,13,26H,6,9-12,14-15H2,1-2H3,(H,21,25). The molecule has 7 heteroatoms. The van der Waals surface area contributed by atoms with Gasteiger partial charge in [0.1, 0.15) is 12.4 Å². The zero-order valence-electron chi connectivity index (χ0n) is 16.0. The number of nitrogens with one attached hydrogen (secondary N) is 1. The Morgan fingerprint density at radius 2 is 2.07 bits per heavy atom. The van der Waals surface area contributed by atoms with Gasteiger partial charge in [0.15, 0.2) is 0 Å². The van der Waals surface area contributed by atoms with E-state index in [1.54, 1.807) is 10.9 Å². The van der Waals surface area contributed by atoms with E-state index in [1.807, 2.05) is 44.3 Å². The predicted octanol–water partition coefficient (Wildman–Crippen LogP) is 1.96. The van der Waals surface area contributed by atoms with Crippen LogP contribution in [0.5, 0.6) is 5.75 Å². The first-order chi connectivity index (χ1) is 12.9. The maximum absolute atomic E-state index is 12.3. The third kappa shape index (κ3) is 5.55. The van der Waals surface area contributed by atoms with Crippen molar-refractivity contribution in [3.63, 3.8) is 0 Å². The Morgan fingerprint density at radius 3 is 2.78 bits per heavy atom. The number of aryl methyl sites for hydroxylation is 2. The molecule has 0 aliphatic carbocycles. The smallest absolute Gasteiger partial charge is 0.238 e. The van der Waals surface area contributed by atoms with Gasteiger partial charge in [-0.25, -0.2) is 0 Å². The molecule has 2 heterocycles. The number of anilines is 1. The highest BCUT2D eigenvalue weighted by atomic mass is 16.5. The maximum Gasteiger partial charge on any atom is 0.238 e. The molecule has 0 saturated carbocycles. The lowest BCUT2D eigenvalue weighted by Gasteiger charge is -2.27. The molecule has 7 nitrogen and oxygen atoms in total. The minimum atomic E-state index is -0.860. The van der Waals surface area contributed by atoms with Crippen molar-refractivity contribution in [2.75, 3.05) is 31.6 Å². The Balaban J connectivity index is 1.48. The molecule has 0 bridgehead atoms. The number of likely N-dealkylation sites (tertiary alicyclic amines) is 1. The number of nitrogens with zero attached hydrogens (tertiary/aromatic N) is 3. The van der Waals surface area contributed by atoms with Crippen LogP contribution in [0.1, 0.15) is 25.0 Å². The van der Waals surface area contributed by atoms with Gasteiger partial charge in [-0.2, -0.15) is 5.10 Å². The first-order valence-corrected chi connectivity index (χ1v) is 9.36. The Kier molecular flexibility index (Phi) is 6.13. The third-order valence-electron chi connectivity index (χ3n) is 4.92. The Labute approximate surface area is 159 Å². The fourth-order valence-corrected chi connectivity index (χ4v) is 3.39. The van der Waals surface area contributed by atoms with Crippen LogP contribution in [0.15, 0.2) is 36.5 Å². The molecule has 1 aliphatic heterocycles. The van der Waals surface area contributed by atoms with Gasteiger partial charge < -0.3 is 15.2 Å². The maximum atomic E-state index is 12.3. The summed E-state index contributed by atoms with van der Waals surface area (Å²) in [4.78, 5) is 14.4. The zero-order chi connectivity index (χ0) is 19.3. The summed E-state index contributed by atoms with van der Waals surface area (Å²) in [5.74, 6) is 0.704. The summed E-state index contributed by atoms with van der Waals surface area (Å²) in [6.45, 7) is 3.89. The fourth-order valence-electron chi connectivity index (χ4n) is 3.39. The van der Waals surface area contributed by atoms with E-state index in [0.717, 1.165) is 30.1 Å². The molecule has 3 rings (SSSR count). The molecule has 1 aromatic heterocycles. The first kappa shape index (κ1) is 19.4. The van der Waals surface area contributed by atoms with Gasteiger partial charge in [0.05, 0.1) is 23.5 Å². The Bertz CT molecular complexity index is 762. The van der Waals surface area contributed by atoms with Gasteiger partial charge in [-0.3, -0.25) is 14.4 Å². The molecule has 2 aromatic rings. The van der Waals surface area contributed by atoms with Gasteiger partial charge in [0, 0.05) is 19.8 Å². The topological polar surface area (TPSA) is 79.6 Å². The molecule has 1 aliphatic rings. The summed E-state index contributed by atoms with van der Waals surface area (Å²) in [5, 5.41) is 18.0. The van der Waals surface area contributed by atoms with Crippen molar-refractivity contribution < 1.29 is 14.6 Å². The summed E-state index contributed by atoms with van der Waals surface area (Å²) >= 11 is 0. The quantitative estimate of drug-likeness (QED) is 0.810. The summed E-state index contributed by atoms with van der Waals surface area (Å²) in [7, 11) is 1.83. The van der Waals surface area contributed by atoms with Crippen LogP contribution in [0.2, 0.25) is 0 Å². The van der Waals surface area contributed by atoms with Crippen molar-refractivity contribution in [1.29, 1.82) is 0 Å². The SMILES string of the molecule is Cc1nn(C)cc1NC(=O)CN1CCCC(O)(COc2ccccc2)CC1. The van der Waals surface area contributed by atoms with Crippen LogP contribution in [-0.2, 0) is 11.8 Å². The number of aromatic nitrogens is 2. The van der Waals surface area contributed by atoms with E-state index >= 15 is 0 Å². The summed E-state index contributed by atoms with van der Waals surface area (Å²) in [5.41, 5.74) is 0.681. The van der Waals surface area contributed by atoms with Crippen molar-refractivity contribution in [3.05, 3.63) is 42.2 Å². The normalized spacial score (nSPS) is 20.9. The minimum Gasteiger partial charge on any atom is -0.491 e. The molecular weight excluding hydrogens is 344 g/mol. The first-order valence-electron chi connectivity index (χ1n) is 9.36. The number of carbonyl (C=O) groups is 1. The van der Waals surface area contributed by atoms with E-state index < -0.39 is 5.60 Å². The number of benzene rings is 1.